The highest BCUT2D eigenvalue weighted by atomic mass is 35.5. The third-order valence-corrected chi connectivity index (χ3v) is 4.74. The predicted molar refractivity (Wildman–Crippen MR) is 109 cm³/mol. The maximum Gasteiger partial charge on any atom is 0.260 e. The lowest BCUT2D eigenvalue weighted by molar-refractivity contribution is -0.135. The van der Waals surface area contributed by atoms with Crippen LogP contribution in [-0.4, -0.2) is 36.9 Å². The molecule has 0 spiro atoms. The average Bonchev–Trinajstić information content (AvgIpc) is 2.58. The Hall–Kier alpha value is -2.24. The van der Waals surface area contributed by atoms with Gasteiger partial charge in [-0.15, -0.1) is 0 Å². The van der Waals surface area contributed by atoms with Gasteiger partial charge < -0.3 is 15.0 Å². The average molecular weight is 409 g/mol. The highest BCUT2D eigenvalue weighted by molar-refractivity contribution is 6.42. The summed E-state index contributed by atoms with van der Waals surface area (Å²) in [7, 11) is 1.55. The van der Waals surface area contributed by atoms with Crippen LogP contribution in [0.2, 0.25) is 10.0 Å². The van der Waals surface area contributed by atoms with Gasteiger partial charge in [-0.3, -0.25) is 9.59 Å². The number of likely N-dealkylation sites (N-methyl/N-ethyl adjacent to an activating group) is 1. The number of carbonyl (C=O) groups excluding carboxylic acids is 2. The summed E-state index contributed by atoms with van der Waals surface area (Å²) < 4.78 is 5.41. The molecule has 5 nitrogen and oxygen atoms in total. The van der Waals surface area contributed by atoms with Gasteiger partial charge in [0.05, 0.1) is 16.6 Å². The lowest BCUT2D eigenvalue weighted by Gasteiger charge is -2.18. The number of hydrogen-bond donors (Lipinski definition) is 1. The Labute approximate surface area is 169 Å². The lowest BCUT2D eigenvalue weighted by Crippen LogP contribution is -2.37. The Balaban J connectivity index is 1.90. The van der Waals surface area contributed by atoms with E-state index < -0.39 is 0 Å². The molecule has 0 fully saturated rings. The number of ether oxygens (including phenoxy) is 1. The first-order valence-electron chi connectivity index (χ1n) is 8.37. The molecule has 0 aliphatic rings. The van der Waals surface area contributed by atoms with E-state index in [1.165, 1.54) is 11.0 Å². The van der Waals surface area contributed by atoms with Gasteiger partial charge in [0.15, 0.2) is 6.61 Å². The van der Waals surface area contributed by atoms with Gasteiger partial charge in [-0.25, -0.2) is 0 Å². The van der Waals surface area contributed by atoms with Crippen LogP contribution in [0, 0.1) is 20.8 Å². The highest BCUT2D eigenvalue weighted by Gasteiger charge is 2.15. The first kappa shape index (κ1) is 21.1. The third kappa shape index (κ3) is 5.88. The van der Waals surface area contributed by atoms with Gasteiger partial charge in [-0.2, -0.15) is 0 Å². The maximum atomic E-state index is 12.3. The fraction of sp³-hybridized carbons (Fsp3) is 0.300. The zero-order chi connectivity index (χ0) is 20.1. The molecule has 2 aromatic carbocycles. The Morgan fingerprint density at radius 2 is 1.67 bits per heavy atom. The van der Waals surface area contributed by atoms with Crippen molar-refractivity contribution in [3.05, 3.63) is 57.1 Å². The first-order chi connectivity index (χ1) is 12.7. The van der Waals surface area contributed by atoms with E-state index in [0.717, 1.165) is 22.4 Å². The van der Waals surface area contributed by atoms with Gasteiger partial charge in [0, 0.05) is 18.8 Å². The highest BCUT2D eigenvalue weighted by Crippen LogP contribution is 2.26. The molecule has 0 aliphatic carbocycles. The number of rotatable bonds is 6. The Kier molecular flexibility index (Phi) is 7.11. The van der Waals surface area contributed by atoms with E-state index in [0.29, 0.717) is 15.8 Å². The molecule has 2 aromatic rings. The molecule has 0 aliphatic heterocycles. The minimum absolute atomic E-state index is 0.0731. The van der Waals surface area contributed by atoms with Crippen LogP contribution in [0.3, 0.4) is 0 Å². The molecule has 0 heterocycles. The Morgan fingerprint density at radius 3 is 2.26 bits per heavy atom. The fourth-order valence-electron chi connectivity index (χ4n) is 2.68. The third-order valence-electron chi connectivity index (χ3n) is 4.00. The molecule has 0 saturated carbocycles. The molecule has 1 N–H and O–H groups in total. The second-order valence-corrected chi connectivity index (χ2v) is 7.25. The van der Waals surface area contributed by atoms with E-state index in [9.17, 15) is 9.59 Å². The summed E-state index contributed by atoms with van der Waals surface area (Å²) in [5.74, 6) is -0.162. The van der Waals surface area contributed by atoms with Crippen molar-refractivity contribution in [3.8, 4) is 5.75 Å². The molecule has 0 atom stereocenters. The van der Waals surface area contributed by atoms with Crippen LogP contribution < -0.4 is 10.1 Å². The Bertz CT molecular complexity index is 845. The zero-order valence-electron chi connectivity index (χ0n) is 15.7. The predicted octanol–water partition coefficient (Wildman–Crippen LogP) is 4.39. The normalized spacial score (nSPS) is 10.4. The summed E-state index contributed by atoms with van der Waals surface area (Å²) in [6.07, 6.45) is 0. The number of carbonyl (C=O) groups is 2. The quantitative estimate of drug-likeness (QED) is 0.770. The van der Waals surface area contributed by atoms with Gasteiger partial charge in [0.2, 0.25) is 5.91 Å². The Morgan fingerprint density at radius 1 is 1.04 bits per heavy atom. The van der Waals surface area contributed by atoms with Gasteiger partial charge in [0.1, 0.15) is 5.75 Å². The van der Waals surface area contributed by atoms with Crippen molar-refractivity contribution < 1.29 is 14.3 Å². The summed E-state index contributed by atoms with van der Waals surface area (Å²) in [5.41, 5.74) is 3.88. The number of nitrogens with zero attached hydrogens (tertiary/aromatic N) is 1. The smallest absolute Gasteiger partial charge is 0.260 e. The van der Waals surface area contributed by atoms with Crippen molar-refractivity contribution in [2.24, 2.45) is 0 Å². The van der Waals surface area contributed by atoms with Gasteiger partial charge in [-0.1, -0.05) is 40.9 Å². The number of halogens is 2. The fourth-order valence-corrected chi connectivity index (χ4v) is 2.97. The van der Waals surface area contributed by atoms with E-state index in [4.69, 9.17) is 27.9 Å². The summed E-state index contributed by atoms with van der Waals surface area (Å²) in [6, 6.07) is 8.75. The molecule has 144 valence electrons. The maximum absolute atomic E-state index is 12.3. The van der Waals surface area contributed by atoms with Gasteiger partial charge >= 0.3 is 0 Å². The number of hydrogen-bond acceptors (Lipinski definition) is 3. The van der Waals surface area contributed by atoms with E-state index >= 15 is 0 Å². The molecule has 0 unspecified atom stereocenters. The molecule has 0 bridgehead atoms. The molecule has 27 heavy (non-hydrogen) atoms. The first-order valence-corrected chi connectivity index (χ1v) is 9.12. The molecule has 7 heteroatoms. The van der Waals surface area contributed by atoms with Crippen LogP contribution >= 0.6 is 23.2 Å². The van der Waals surface area contributed by atoms with Crippen LogP contribution in [0.1, 0.15) is 16.7 Å². The molecule has 2 amide bonds. The molecule has 0 radical (unpaired) electrons. The summed E-state index contributed by atoms with van der Waals surface area (Å²) in [6.45, 7) is 5.61. The van der Waals surface area contributed by atoms with E-state index in [2.05, 4.69) is 5.32 Å². The van der Waals surface area contributed by atoms with Crippen molar-refractivity contribution in [2.75, 3.05) is 25.5 Å². The van der Waals surface area contributed by atoms with E-state index in [1.807, 2.05) is 32.9 Å². The van der Waals surface area contributed by atoms with Crippen LogP contribution in [0.25, 0.3) is 0 Å². The molecule has 2 rings (SSSR count). The lowest BCUT2D eigenvalue weighted by atomic mass is 10.1. The minimum atomic E-state index is -0.325. The topological polar surface area (TPSA) is 58.6 Å². The van der Waals surface area contributed by atoms with E-state index in [1.54, 1.807) is 19.2 Å². The van der Waals surface area contributed by atoms with Crippen LogP contribution in [0.15, 0.2) is 30.3 Å². The summed E-state index contributed by atoms with van der Waals surface area (Å²) >= 11 is 11.8. The van der Waals surface area contributed by atoms with Crippen LogP contribution in [0.4, 0.5) is 5.69 Å². The standard InChI is InChI=1S/C20H22Cl2N2O3/c1-12-7-13(2)20(14(3)8-12)23-18(25)10-24(4)19(26)11-27-15-5-6-16(21)17(22)9-15/h5-9H,10-11H2,1-4H3,(H,23,25). The molecule has 0 saturated heterocycles. The van der Waals surface area contributed by atoms with Crippen molar-refractivity contribution in [3.63, 3.8) is 0 Å². The second-order valence-electron chi connectivity index (χ2n) is 6.44. The van der Waals surface area contributed by atoms with Gasteiger partial charge in [0.25, 0.3) is 5.91 Å². The molecule has 0 aromatic heterocycles. The van der Waals surface area contributed by atoms with Crippen LogP contribution in [-0.2, 0) is 9.59 Å². The van der Waals surface area contributed by atoms with Crippen molar-refractivity contribution in [1.29, 1.82) is 0 Å². The second kappa shape index (κ2) is 9.11. The number of aryl methyl sites for hydroxylation is 3. The van der Waals surface area contributed by atoms with Crippen LogP contribution in [0.5, 0.6) is 5.75 Å². The number of benzene rings is 2. The largest absolute Gasteiger partial charge is 0.484 e. The van der Waals surface area contributed by atoms with Crippen molar-refractivity contribution >= 4 is 40.7 Å². The number of amides is 2. The SMILES string of the molecule is Cc1cc(C)c(NC(=O)CN(C)C(=O)COc2ccc(Cl)c(Cl)c2)c(C)c1. The monoisotopic (exact) mass is 408 g/mol. The van der Waals surface area contributed by atoms with Crippen molar-refractivity contribution in [2.45, 2.75) is 20.8 Å². The van der Waals surface area contributed by atoms with Crippen molar-refractivity contribution in [1.82, 2.24) is 4.90 Å². The number of anilines is 1. The minimum Gasteiger partial charge on any atom is -0.484 e. The molecular formula is C20H22Cl2N2O3. The van der Waals surface area contributed by atoms with Gasteiger partial charge in [-0.05, 0) is 44.0 Å². The molecular weight excluding hydrogens is 387 g/mol. The zero-order valence-corrected chi connectivity index (χ0v) is 17.2. The summed E-state index contributed by atoms with van der Waals surface area (Å²) in [4.78, 5) is 25.8. The number of nitrogens with one attached hydrogen (secondary N) is 1. The van der Waals surface area contributed by atoms with E-state index in [-0.39, 0.29) is 25.0 Å². The summed E-state index contributed by atoms with van der Waals surface area (Å²) in [5, 5.41) is 3.63.